The molecule has 0 spiro atoms. The monoisotopic (exact) mass is 293 g/mol. The van der Waals surface area contributed by atoms with E-state index in [2.05, 4.69) is 11.9 Å². The van der Waals surface area contributed by atoms with Crippen molar-refractivity contribution >= 4 is 5.69 Å². The summed E-state index contributed by atoms with van der Waals surface area (Å²) in [6.45, 7) is 4.25. The maximum absolute atomic E-state index is 13.5. The van der Waals surface area contributed by atoms with Gasteiger partial charge in [-0.05, 0) is 29.8 Å². The number of halogens is 3. The van der Waals surface area contributed by atoms with Crippen LogP contribution in [0, 0.1) is 17.5 Å². The lowest BCUT2D eigenvalue weighted by molar-refractivity contribution is 0.363. The molecule has 0 aliphatic heterocycles. The molecular formula is C16H14F3NO. The average Bonchev–Trinajstić information content (AvgIpc) is 2.51. The third-order valence-electron chi connectivity index (χ3n) is 2.81. The van der Waals surface area contributed by atoms with Gasteiger partial charge in [-0.3, -0.25) is 0 Å². The van der Waals surface area contributed by atoms with Crippen LogP contribution in [-0.2, 0) is 6.54 Å². The predicted octanol–water partition coefficient (Wildman–Crippen LogP) is 4.28. The van der Waals surface area contributed by atoms with Gasteiger partial charge in [-0.15, -0.1) is 0 Å². The van der Waals surface area contributed by atoms with Crippen LogP contribution in [0.1, 0.15) is 5.56 Å². The highest BCUT2D eigenvalue weighted by molar-refractivity contribution is 5.46. The minimum Gasteiger partial charge on any atom is -0.490 e. The Kier molecular flexibility index (Phi) is 4.87. The highest BCUT2D eigenvalue weighted by Crippen LogP contribution is 2.20. The van der Waals surface area contributed by atoms with Crippen LogP contribution in [0.4, 0.5) is 18.9 Å². The zero-order valence-corrected chi connectivity index (χ0v) is 11.2. The topological polar surface area (TPSA) is 21.3 Å². The van der Waals surface area contributed by atoms with Gasteiger partial charge in [-0.25, -0.2) is 13.2 Å². The lowest BCUT2D eigenvalue weighted by Crippen LogP contribution is -2.04. The van der Waals surface area contributed by atoms with Crippen LogP contribution < -0.4 is 10.1 Å². The van der Waals surface area contributed by atoms with E-state index in [1.807, 2.05) is 0 Å². The van der Waals surface area contributed by atoms with Crippen molar-refractivity contribution in [3.8, 4) is 5.75 Å². The second-order valence-electron chi connectivity index (χ2n) is 4.32. The zero-order valence-electron chi connectivity index (χ0n) is 11.2. The Balaban J connectivity index is 2.00. The summed E-state index contributed by atoms with van der Waals surface area (Å²) in [5.41, 5.74) is 0.769. The molecule has 0 aromatic heterocycles. The third-order valence-corrected chi connectivity index (χ3v) is 2.81. The van der Waals surface area contributed by atoms with E-state index in [1.165, 1.54) is 0 Å². The molecule has 0 bridgehead atoms. The molecule has 1 N–H and O–H groups in total. The van der Waals surface area contributed by atoms with Crippen LogP contribution in [0.2, 0.25) is 0 Å². The van der Waals surface area contributed by atoms with E-state index in [1.54, 1.807) is 30.3 Å². The molecule has 2 nitrogen and oxygen atoms in total. The third kappa shape index (κ3) is 3.78. The summed E-state index contributed by atoms with van der Waals surface area (Å²) < 4.78 is 44.7. The Morgan fingerprint density at radius 2 is 1.71 bits per heavy atom. The highest BCUT2D eigenvalue weighted by atomic mass is 19.2. The van der Waals surface area contributed by atoms with Crippen molar-refractivity contribution in [3.05, 3.63) is 72.1 Å². The summed E-state index contributed by atoms with van der Waals surface area (Å²) in [6.07, 6.45) is 1.64. The first-order chi connectivity index (χ1) is 10.1. The fourth-order valence-electron chi connectivity index (χ4n) is 1.72. The van der Waals surface area contributed by atoms with Gasteiger partial charge in [0.05, 0.1) is 5.69 Å². The number of hydrogen-bond donors (Lipinski definition) is 1. The second kappa shape index (κ2) is 6.83. The SMILES string of the molecule is C=CCOc1ccc(CNc2ccc(F)c(F)c2F)cc1. The fourth-order valence-corrected chi connectivity index (χ4v) is 1.72. The normalized spacial score (nSPS) is 10.2. The van der Waals surface area contributed by atoms with Crippen molar-refractivity contribution in [1.29, 1.82) is 0 Å². The first-order valence-electron chi connectivity index (χ1n) is 6.32. The number of benzene rings is 2. The largest absolute Gasteiger partial charge is 0.490 e. The molecule has 110 valence electrons. The van der Waals surface area contributed by atoms with Crippen LogP contribution in [0.15, 0.2) is 49.1 Å². The summed E-state index contributed by atoms with van der Waals surface area (Å²) >= 11 is 0. The minimum atomic E-state index is -1.48. The van der Waals surface area contributed by atoms with Crippen molar-refractivity contribution in [3.63, 3.8) is 0 Å². The van der Waals surface area contributed by atoms with E-state index in [4.69, 9.17) is 4.74 Å². The van der Waals surface area contributed by atoms with E-state index >= 15 is 0 Å². The summed E-state index contributed by atoms with van der Waals surface area (Å²) in [5, 5.41) is 2.72. The average molecular weight is 293 g/mol. The second-order valence-corrected chi connectivity index (χ2v) is 4.32. The van der Waals surface area contributed by atoms with Crippen LogP contribution >= 0.6 is 0 Å². The van der Waals surface area contributed by atoms with Gasteiger partial charge in [-0.2, -0.15) is 0 Å². The smallest absolute Gasteiger partial charge is 0.196 e. The number of nitrogens with one attached hydrogen (secondary N) is 1. The summed E-state index contributed by atoms with van der Waals surface area (Å²) in [5.74, 6) is -3.21. The van der Waals surface area contributed by atoms with Crippen molar-refractivity contribution in [2.75, 3.05) is 11.9 Å². The van der Waals surface area contributed by atoms with E-state index in [-0.39, 0.29) is 12.2 Å². The first kappa shape index (κ1) is 15.0. The first-order valence-corrected chi connectivity index (χ1v) is 6.32. The molecule has 2 aromatic rings. The molecule has 0 aliphatic carbocycles. The Bertz CT molecular complexity index is 626. The molecule has 5 heteroatoms. The van der Waals surface area contributed by atoms with Gasteiger partial charge in [0, 0.05) is 6.54 Å². The van der Waals surface area contributed by atoms with E-state index in [9.17, 15) is 13.2 Å². The highest BCUT2D eigenvalue weighted by Gasteiger charge is 2.12. The van der Waals surface area contributed by atoms with Gasteiger partial charge in [0.1, 0.15) is 12.4 Å². The zero-order chi connectivity index (χ0) is 15.2. The summed E-state index contributed by atoms with van der Waals surface area (Å²) in [7, 11) is 0. The minimum absolute atomic E-state index is 0.0825. The molecule has 0 amide bonds. The number of rotatable bonds is 6. The molecule has 0 fully saturated rings. The van der Waals surface area contributed by atoms with Gasteiger partial charge in [0.25, 0.3) is 0 Å². The van der Waals surface area contributed by atoms with Crippen molar-refractivity contribution in [1.82, 2.24) is 0 Å². The van der Waals surface area contributed by atoms with E-state index < -0.39 is 17.5 Å². The maximum Gasteiger partial charge on any atom is 0.196 e. The van der Waals surface area contributed by atoms with E-state index in [0.29, 0.717) is 12.4 Å². The Hall–Kier alpha value is -2.43. The standard InChI is InChI=1S/C16H14F3NO/c1-2-9-21-12-5-3-11(4-6-12)10-20-14-8-7-13(17)15(18)16(14)19/h2-8,20H,1,9-10H2. The molecule has 0 saturated heterocycles. The Morgan fingerprint density at radius 3 is 2.38 bits per heavy atom. The van der Waals surface area contributed by atoms with E-state index in [0.717, 1.165) is 17.7 Å². The lowest BCUT2D eigenvalue weighted by atomic mass is 10.2. The van der Waals surface area contributed by atoms with Gasteiger partial charge in [0.15, 0.2) is 17.5 Å². The molecule has 0 saturated carbocycles. The van der Waals surface area contributed by atoms with Crippen molar-refractivity contribution in [2.24, 2.45) is 0 Å². The molecule has 0 unspecified atom stereocenters. The van der Waals surface area contributed by atoms with Gasteiger partial charge in [-0.1, -0.05) is 24.8 Å². The number of hydrogen-bond acceptors (Lipinski definition) is 2. The van der Waals surface area contributed by atoms with Gasteiger partial charge < -0.3 is 10.1 Å². The maximum atomic E-state index is 13.5. The molecule has 2 rings (SSSR count). The summed E-state index contributed by atoms with van der Waals surface area (Å²) in [4.78, 5) is 0. The fraction of sp³-hybridized carbons (Fsp3) is 0.125. The molecule has 21 heavy (non-hydrogen) atoms. The molecule has 0 heterocycles. The predicted molar refractivity (Wildman–Crippen MR) is 75.8 cm³/mol. The van der Waals surface area contributed by atoms with Crippen molar-refractivity contribution in [2.45, 2.75) is 6.54 Å². The van der Waals surface area contributed by atoms with Crippen LogP contribution in [0.25, 0.3) is 0 Å². The molecule has 0 atom stereocenters. The van der Waals surface area contributed by atoms with Crippen LogP contribution in [0.5, 0.6) is 5.75 Å². The number of ether oxygens (including phenoxy) is 1. The summed E-state index contributed by atoms with van der Waals surface area (Å²) in [6, 6.07) is 9.17. The number of anilines is 1. The Morgan fingerprint density at radius 1 is 1.00 bits per heavy atom. The van der Waals surface area contributed by atoms with Crippen LogP contribution in [0.3, 0.4) is 0 Å². The lowest BCUT2D eigenvalue weighted by Gasteiger charge is -2.09. The molecule has 0 radical (unpaired) electrons. The molecule has 0 aliphatic rings. The van der Waals surface area contributed by atoms with Crippen molar-refractivity contribution < 1.29 is 17.9 Å². The van der Waals surface area contributed by atoms with Gasteiger partial charge >= 0.3 is 0 Å². The Labute approximate surface area is 120 Å². The quantitative estimate of drug-likeness (QED) is 0.634. The van der Waals surface area contributed by atoms with Gasteiger partial charge in [0.2, 0.25) is 0 Å². The molecular weight excluding hydrogens is 279 g/mol. The molecule has 2 aromatic carbocycles. The van der Waals surface area contributed by atoms with Crippen LogP contribution in [-0.4, -0.2) is 6.61 Å².